The Kier molecular flexibility index (Phi) is 5.78. The van der Waals surface area contributed by atoms with Crippen LogP contribution in [0.15, 0.2) is 23.7 Å². The van der Waals surface area contributed by atoms with Gasteiger partial charge in [0.15, 0.2) is 5.01 Å². The third-order valence-electron chi connectivity index (χ3n) is 3.06. The third-order valence-corrected chi connectivity index (χ3v) is 5.15. The molecule has 0 saturated carbocycles. The summed E-state index contributed by atoms with van der Waals surface area (Å²) in [6.07, 6.45) is -0.282. The summed E-state index contributed by atoms with van der Waals surface area (Å²) in [7, 11) is 0. The molecule has 0 bridgehead atoms. The smallest absolute Gasteiger partial charge is 0.309 e. The largest absolute Gasteiger partial charge is 0.443 e. The number of alkyl halides is 3. The Morgan fingerprint density at radius 3 is 2.76 bits per heavy atom. The van der Waals surface area contributed by atoms with Crippen molar-refractivity contribution in [3.05, 3.63) is 38.5 Å². The van der Waals surface area contributed by atoms with Gasteiger partial charge in [-0.05, 0) is 37.3 Å². The first kappa shape index (κ1) is 16.5. The highest BCUT2D eigenvalue weighted by atomic mass is 32.1. The quantitative estimate of drug-likeness (QED) is 0.779. The number of aryl methyl sites for hydroxylation is 1. The molecule has 1 N–H and O–H groups in total. The zero-order valence-corrected chi connectivity index (χ0v) is 13.2. The predicted octanol–water partition coefficient (Wildman–Crippen LogP) is 4.90. The molecule has 0 spiro atoms. The summed E-state index contributed by atoms with van der Waals surface area (Å²) in [5, 5.41) is 4.52. The van der Waals surface area contributed by atoms with Gasteiger partial charge in [0.05, 0.1) is 0 Å². The van der Waals surface area contributed by atoms with E-state index >= 15 is 0 Å². The number of aromatic nitrogens is 1. The minimum Gasteiger partial charge on any atom is -0.309 e. The molecule has 0 fully saturated rings. The van der Waals surface area contributed by atoms with Crippen LogP contribution in [-0.2, 0) is 12.6 Å². The highest BCUT2D eigenvalue weighted by molar-refractivity contribution is 7.11. The molecule has 0 aromatic carbocycles. The Bertz CT molecular complexity index is 535. The molecule has 2 nitrogen and oxygen atoms in total. The van der Waals surface area contributed by atoms with Crippen molar-refractivity contribution < 1.29 is 13.2 Å². The molecule has 1 atom stereocenters. The van der Waals surface area contributed by atoms with Gasteiger partial charge in [-0.15, -0.1) is 22.7 Å². The maximum atomic E-state index is 12.6. The van der Waals surface area contributed by atoms with Crippen LogP contribution in [-0.4, -0.2) is 11.5 Å². The Hall–Kier alpha value is -0.920. The lowest BCUT2D eigenvalue weighted by molar-refractivity contribution is -0.137. The Balaban J connectivity index is 1.96. The highest BCUT2D eigenvalue weighted by Crippen LogP contribution is 2.35. The van der Waals surface area contributed by atoms with Gasteiger partial charge >= 0.3 is 6.18 Å². The molecule has 0 aliphatic rings. The molecular weight excluding hydrogens is 317 g/mol. The van der Waals surface area contributed by atoms with Crippen molar-refractivity contribution in [3.63, 3.8) is 0 Å². The Labute approximate surface area is 130 Å². The number of halogens is 3. The van der Waals surface area contributed by atoms with Gasteiger partial charge in [0.2, 0.25) is 0 Å². The Morgan fingerprint density at radius 1 is 1.38 bits per heavy atom. The minimum absolute atomic E-state index is 0.0523. The molecule has 1 unspecified atom stereocenters. The zero-order chi connectivity index (χ0) is 15.3. The lowest BCUT2D eigenvalue weighted by atomic mass is 10.1. The van der Waals surface area contributed by atoms with Gasteiger partial charge in [-0.25, -0.2) is 4.98 Å². The molecule has 7 heteroatoms. The molecule has 0 aliphatic carbocycles. The first-order valence-electron chi connectivity index (χ1n) is 6.79. The summed E-state index contributed by atoms with van der Waals surface area (Å²) in [5.41, 5.74) is 0. The SMILES string of the molecule is CCNC(CCCc1cccs1)c1cnc(C(F)(F)F)s1. The van der Waals surface area contributed by atoms with Crippen LogP contribution in [0.3, 0.4) is 0 Å². The fourth-order valence-corrected chi connectivity index (χ4v) is 3.75. The molecule has 0 aliphatic heterocycles. The first-order valence-corrected chi connectivity index (χ1v) is 8.49. The van der Waals surface area contributed by atoms with Crippen LogP contribution in [0.25, 0.3) is 0 Å². The lowest BCUT2D eigenvalue weighted by Crippen LogP contribution is -2.20. The molecule has 116 valence electrons. The third kappa shape index (κ3) is 4.79. The average Bonchev–Trinajstić information content (AvgIpc) is 3.08. The molecule has 21 heavy (non-hydrogen) atoms. The number of hydrogen-bond donors (Lipinski definition) is 1. The fraction of sp³-hybridized carbons (Fsp3) is 0.500. The molecule has 0 saturated heterocycles. The number of nitrogens with zero attached hydrogens (tertiary/aromatic N) is 1. The van der Waals surface area contributed by atoms with E-state index in [1.54, 1.807) is 11.3 Å². The van der Waals surface area contributed by atoms with Gasteiger partial charge in [0.25, 0.3) is 0 Å². The molecular formula is C14H17F3N2S2. The van der Waals surface area contributed by atoms with Crippen molar-refractivity contribution in [2.45, 2.75) is 38.4 Å². The van der Waals surface area contributed by atoms with E-state index in [-0.39, 0.29) is 6.04 Å². The average molecular weight is 334 g/mol. The van der Waals surface area contributed by atoms with E-state index in [0.29, 0.717) is 4.88 Å². The Morgan fingerprint density at radius 2 is 2.19 bits per heavy atom. The summed E-state index contributed by atoms with van der Waals surface area (Å²) in [6, 6.07) is 4.05. The maximum absolute atomic E-state index is 12.6. The van der Waals surface area contributed by atoms with E-state index in [4.69, 9.17) is 0 Å². The molecule has 0 radical (unpaired) electrons. The van der Waals surface area contributed by atoms with E-state index in [1.165, 1.54) is 11.1 Å². The monoisotopic (exact) mass is 334 g/mol. The normalized spacial score (nSPS) is 13.5. The number of nitrogens with one attached hydrogen (secondary N) is 1. The van der Waals surface area contributed by atoms with E-state index in [0.717, 1.165) is 37.1 Å². The van der Waals surface area contributed by atoms with E-state index in [1.807, 2.05) is 18.4 Å². The molecule has 2 rings (SSSR count). The van der Waals surface area contributed by atoms with Crippen molar-refractivity contribution >= 4 is 22.7 Å². The van der Waals surface area contributed by atoms with Crippen molar-refractivity contribution in [2.24, 2.45) is 0 Å². The van der Waals surface area contributed by atoms with Crippen molar-refractivity contribution in [1.82, 2.24) is 10.3 Å². The number of rotatable bonds is 7. The fourth-order valence-electron chi connectivity index (χ4n) is 2.11. The second-order valence-electron chi connectivity index (χ2n) is 4.65. The van der Waals surface area contributed by atoms with Gasteiger partial charge < -0.3 is 5.32 Å². The van der Waals surface area contributed by atoms with Gasteiger partial charge in [-0.3, -0.25) is 0 Å². The highest BCUT2D eigenvalue weighted by Gasteiger charge is 2.35. The van der Waals surface area contributed by atoms with Crippen molar-refractivity contribution in [2.75, 3.05) is 6.54 Å². The summed E-state index contributed by atoms with van der Waals surface area (Å²) in [6.45, 7) is 2.68. The lowest BCUT2D eigenvalue weighted by Gasteiger charge is -2.15. The first-order chi connectivity index (χ1) is 10.0. The van der Waals surface area contributed by atoms with Gasteiger partial charge in [-0.1, -0.05) is 13.0 Å². The topological polar surface area (TPSA) is 24.9 Å². The number of hydrogen-bond acceptors (Lipinski definition) is 4. The summed E-state index contributed by atoms with van der Waals surface area (Å²) in [5.74, 6) is 0. The maximum Gasteiger partial charge on any atom is 0.443 e. The molecule has 0 amide bonds. The molecule has 2 heterocycles. The zero-order valence-electron chi connectivity index (χ0n) is 11.6. The number of thiophene rings is 1. The van der Waals surface area contributed by atoms with Crippen LogP contribution in [0.1, 0.15) is 40.6 Å². The van der Waals surface area contributed by atoms with Gasteiger partial charge in [-0.2, -0.15) is 13.2 Å². The molecule has 2 aromatic heterocycles. The van der Waals surface area contributed by atoms with Crippen molar-refractivity contribution in [1.29, 1.82) is 0 Å². The number of thiazole rings is 1. The van der Waals surface area contributed by atoms with Crippen LogP contribution in [0, 0.1) is 0 Å². The second-order valence-corrected chi connectivity index (χ2v) is 6.74. The van der Waals surface area contributed by atoms with E-state index in [2.05, 4.69) is 16.4 Å². The van der Waals surface area contributed by atoms with Gasteiger partial charge in [0, 0.05) is 22.0 Å². The predicted molar refractivity (Wildman–Crippen MR) is 80.8 cm³/mol. The van der Waals surface area contributed by atoms with E-state index in [9.17, 15) is 13.2 Å². The van der Waals surface area contributed by atoms with Crippen LogP contribution < -0.4 is 5.32 Å². The van der Waals surface area contributed by atoms with Crippen LogP contribution in [0.5, 0.6) is 0 Å². The standard InChI is InChI=1S/C14H17F3N2S2/c1-2-18-11(7-3-5-10-6-4-8-20-10)12-9-19-13(21-12)14(15,16)17/h4,6,8-9,11,18H,2-3,5,7H2,1H3. The van der Waals surface area contributed by atoms with Crippen LogP contribution >= 0.6 is 22.7 Å². The van der Waals surface area contributed by atoms with Crippen LogP contribution in [0.2, 0.25) is 0 Å². The second kappa shape index (κ2) is 7.38. The summed E-state index contributed by atoms with van der Waals surface area (Å²) in [4.78, 5) is 5.48. The summed E-state index contributed by atoms with van der Waals surface area (Å²) < 4.78 is 37.9. The van der Waals surface area contributed by atoms with Crippen LogP contribution in [0.4, 0.5) is 13.2 Å². The van der Waals surface area contributed by atoms with E-state index < -0.39 is 11.2 Å². The minimum atomic E-state index is -4.35. The molecule has 2 aromatic rings. The summed E-state index contributed by atoms with van der Waals surface area (Å²) >= 11 is 2.45. The van der Waals surface area contributed by atoms with Crippen molar-refractivity contribution in [3.8, 4) is 0 Å². The van der Waals surface area contributed by atoms with Gasteiger partial charge in [0.1, 0.15) is 0 Å².